The molecule has 5 heteroatoms. The third-order valence-electron chi connectivity index (χ3n) is 2.37. The van der Waals surface area contributed by atoms with E-state index in [1.165, 1.54) is 35.2 Å². The molecule has 0 aliphatic rings. The molecule has 0 bridgehead atoms. The monoisotopic (exact) mass is 514 g/mol. The zero-order chi connectivity index (χ0) is 13.5. The second kappa shape index (κ2) is 8.76. The van der Waals surface area contributed by atoms with Crippen molar-refractivity contribution in [3.05, 3.63) is 71.8 Å². The Bertz CT molecular complexity index is 436. The normalized spacial score (nSPS) is 14.0. The standard InChI is InChI=1S/C14H12I2OS2/c15-13(11-7-3-1-4-8-11)18-17-19-14(16)12-9-5-2-6-10-12/h1-10,13-14H. The van der Waals surface area contributed by atoms with Crippen molar-refractivity contribution in [2.24, 2.45) is 0 Å². The lowest BCUT2D eigenvalue weighted by Gasteiger charge is -2.11. The fourth-order valence-electron chi connectivity index (χ4n) is 1.41. The molecule has 0 aromatic heterocycles. The number of halogens is 2. The summed E-state index contributed by atoms with van der Waals surface area (Å²) in [5.74, 6) is 0. The van der Waals surface area contributed by atoms with Gasteiger partial charge < -0.3 is 0 Å². The van der Waals surface area contributed by atoms with Crippen molar-refractivity contribution in [1.82, 2.24) is 0 Å². The maximum Gasteiger partial charge on any atom is 0.109 e. The molecule has 2 atom stereocenters. The number of hydrogen-bond acceptors (Lipinski definition) is 3. The molecule has 0 heterocycles. The Labute approximate surface area is 150 Å². The molecule has 2 rings (SSSR count). The Balaban J connectivity index is 1.78. The third-order valence-corrected chi connectivity index (χ3v) is 6.57. The maximum atomic E-state index is 5.68. The van der Waals surface area contributed by atoms with Crippen molar-refractivity contribution in [2.45, 2.75) is 6.51 Å². The summed E-state index contributed by atoms with van der Waals surface area (Å²) in [5.41, 5.74) is 2.55. The van der Waals surface area contributed by atoms with Crippen LogP contribution < -0.4 is 0 Å². The minimum absolute atomic E-state index is 0.311. The summed E-state index contributed by atoms with van der Waals surface area (Å²) < 4.78 is 6.31. The van der Waals surface area contributed by atoms with E-state index in [-0.39, 0.29) is 0 Å². The van der Waals surface area contributed by atoms with E-state index < -0.39 is 0 Å². The smallest absolute Gasteiger partial charge is 0.109 e. The van der Waals surface area contributed by atoms with Crippen LogP contribution in [0, 0.1) is 0 Å². The molecule has 0 amide bonds. The molecule has 1 nitrogen and oxygen atoms in total. The molecule has 0 saturated carbocycles. The van der Waals surface area contributed by atoms with E-state index in [1.54, 1.807) is 0 Å². The molecule has 0 aliphatic heterocycles. The summed E-state index contributed by atoms with van der Waals surface area (Å²) in [7, 11) is 0. The van der Waals surface area contributed by atoms with Crippen LogP contribution in [-0.2, 0) is 3.63 Å². The fraction of sp³-hybridized carbons (Fsp3) is 0.143. The van der Waals surface area contributed by atoms with Crippen LogP contribution in [0.15, 0.2) is 60.7 Å². The first-order valence-electron chi connectivity index (χ1n) is 5.64. The Kier molecular flexibility index (Phi) is 7.35. The minimum atomic E-state index is 0.311. The predicted molar refractivity (Wildman–Crippen MR) is 103 cm³/mol. The van der Waals surface area contributed by atoms with Gasteiger partial charge >= 0.3 is 0 Å². The van der Waals surface area contributed by atoms with Gasteiger partial charge in [0.25, 0.3) is 0 Å². The van der Waals surface area contributed by atoms with E-state index in [2.05, 4.69) is 93.7 Å². The molecule has 0 aliphatic carbocycles. The van der Waals surface area contributed by atoms with Gasteiger partial charge in [0.05, 0.1) is 0 Å². The molecule has 2 aromatic rings. The van der Waals surface area contributed by atoms with Gasteiger partial charge in [0.2, 0.25) is 0 Å². The van der Waals surface area contributed by atoms with E-state index in [9.17, 15) is 0 Å². The second-order valence-electron chi connectivity index (χ2n) is 3.71. The average Bonchev–Trinajstić information content (AvgIpc) is 2.49. The predicted octanol–water partition coefficient (Wildman–Crippen LogP) is 6.57. The summed E-state index contributed by atoms with van der Waals surface area (Å²) in [5, 5.41) is 0. The molecule has 19 heavy (non-hydrogen) atoms. The highest BCUT2D eigenvalue weighted by Crippen LogP contribution is 2.44. The van der Waals surface area contributed by atoms with Crippen molar-refractivity contribution in [3.8, 4) is 0 Å². The van der Waals surface area contributed by atoms with E-state index in [0.29, 0.717) is 6.51 Å². The zero-order valence-corrected chi connectivity index (χ0v) is 15.9. The van der Waals surface area contributed by atoms with Crippen LogP contribution >= 0.6 is 69.3 Å². The van der Waals surface area contributed by atoms with Crippen LogP contribution in [0.4, 0.5) is 0 Å². The first-order valence-corrected chi connectivity index (χ1v) is 9.74. The van der Waals surface area contributed by atoms with Crippen molar-refractivity contribution in [2.75, 3.05) is 0 Å². The SMILES string of the molecule is IC(SOSC(I)c1ccccc1)c1ccccc1. The molecule has 0 spiro atoms. The van der Waals surface area contributed by atoms with Crippen LogP contribution in [0.25, 0.3) is 0 Å². The Morgan fingerprint density at radius 2 is 1.05 bits per heavy atom. The van der Waals surface area contributed by atoms with Crippen molar-refractivity contribution >= 4 is 69.3 Å². The molecule has 0 N–H and O–H groups in total. The molecule has 0 fully saturated rings. The van der Waals surface area contributed by atoms with Crippen molar-refractivity contribution in [1.29, 1.82) is 0 Å². The summed E-state index contributed by atoms with van der Waals surface area (Å²) in [4.78, 5) is 0. The Hall–Kier alpha value is 0.560. The highest BCUT2D eigenvalue weighted by Gasteiger charge is 2.12. The van der Waals surface area contributed by atoms with Crippen molar-refractivity contribution < 1.29 is 3.63 Å². The third kappa shape index (κ3) is 5.45. The van der Waals surface area contributed by atoms with E-state index in [1.807, 2.05) is 12.1 Å². The van der Waals surface area contributed by atoms with E-state index in [0.717, 1.165) is 0 Å². The highest BCUT2D eigenvalue weighted by molar-refractivity contribution is 14.1. The van der Waals surface area contributed by atoms with Crippen LogP contribution in [0.1, 0.15) is 17.6 Å². The Morgan fingerprint density at radius 1 is 0.684 bits per heavy atom. The summed E-state index contributed by atoms with van der Waals surface area (Å²) >= 11 is 7.78. The number of alkyl halides is 2. The minimum Gasteiger partial charge on any atom is -0.244 e. The number of benzene rings is 2. The molecule has 100 valence electrons. The quantitative estimate of drug-likeness (QED) is 0.246. The van der Waals surface area contributed by atoms with Gasteiger partial charge in [0.15, 0.2) is 0 Å². The first kappa shape index (κ1) is 15.9. The van der Waals surface area contributed by atoms with Crippen LogP contribution in [0.3, 0.4) is 0 Å². The van der Waals surface area contributed by atoms with Crippen molar-refractivity contribution in [3.63, 3.8) is 0 Å². The fourth-order valence-corrected chi connectivity index (χ4v) is 5.04. The van der Waals surface area contributed by atoms with Gasteiger partial charge in [-0.05, 0) is 11.1 Å². The maximum absolute atomic E-state index is 5.68. The second-order valence-corrected chi connectivity index (χ2v) is 9.77. The molecular weight excluding hydrogens is 502 g/mol. The molecular formula is C14H12I2OS2. The van der Waals surface area contributed by atoms with Crippen LogP contribution in [0.2, 0.25) is 0 Å². The summed E-state index contributed by atoms with van der Waals surface area (Å²) in [6.07, 6.45) is 0. The summed E-state index contributed by atoms with van der Waals surface area (Å²) in [6.45, 7) is 0. The lowest BCUT2D eigenvalue weighted by molar-refractivity contribution is 0.755. The van der Waals surface area contributed by atoms with Gasteiger partial charge in [-0.2, -0.15) is 0 Å². The number of rotatable bonds is 6. The van der Waals surface area contributed by atoms with Gasteiger partial charge in [-0.25, -0.2) is 3.63 Å². The van der Waals surface area contributed by atoms with E-state index >= 15 is 0 Å². The zero-order valence-electron chi connectivity index (χ0n) is 9.91. The molecule has 0 saturated heterocycles. The molecule has 2 aromatic carbocycles. The van der Waals surface area contributed by atoms with Gasteiger partial charge in [0.1, 0.15) is 6.51 Å². The van der Waals surface area contributed by atoms with Crippen LogP contribution in [0.5, 0.6) is 0 Å². The average molecular weight is 514 g/mol. The first-order chi connectivity index (χ1) is 9.27. The van der Waals surface area contributed by atoms with Gasteiger partial charge in [-0.15, -0.1) is 0 Å². The Morgan fingerprint density at radius 3 is 1.42 bits per heavy atom. The number of hydrogen-bond donors (Lipinski definition) is 0. The van der Waals surface area contributed by atoms with Gasteiger partial charge in [0, 0.05) is 24.1 Å². The topological polar surface area (TPSA) is 9.23 Å². The molecule has 0 radical (unpaired) electrons. The van der Waals surface area contributed by atoms with Crippen LogP contribution in [-0.4, -0.2) is 0 Å². The molecule has 2 unspecified atom stereocenters. The largest absolute Gasteiger partial charge is 0.244 e. The van der Waals surface area contributed by atoms with Gasteiger partial charge in [-0.1, -0.05) is 106 Å². The highest BCUT2D eigenvalue weighted by atomic mass is 127. The lowest BCUT2D eigenvalue weighted by atomic mass is 10.2. The lowest BCUT2D eigenvalue weighted by Crippen LogP contribution is -1.86. The van der Waals surface area contributed by atoms with E-state index in [4.69, 9.17) is 3.63 Å². The van der Waals surface area contributed by atoms with Gasteiger partial charge in [-0.3, -0.25) is 0 Å². The summed E-state index contributed by atoms with van der Waals surface area (Å²) in [6, 6.07) is 20.8.